The number of rotatable bonds is 1. The molecule has 5 nitrogen and oxygen atoms in total. The second-order valence-electron chi connectivity index (χ2n) is 1.79. The van der Waals surface area contributed by atoms with E-state index in [9.17, 15) is 8.42 Å². The first-order valence-electron chi connectivity index (χ1n) is 2.83. The predicted molar refractivity (Wildman–Crippen MR) is 46.9 cm³/mol. The number of benzene rings is 1. The van der Waals surface area contributed by atoms with E-state index in [0.717, 1.165) is 0 Å². The van der Waals surface area contributed by atoms with Crippen molar-refractivity contribution in [2.75, 3.05) is 0 Å². The summed E-state index contributed by atoms with van der Waals surface area (Å²) in [7, 11) is -4.00. The van der Waals surface area contributed by atoms with Gasteiger partial charge in [0.2, 0.25) is 0 Å². The average Bonchev–Trinajstić information content (AvgIpc) is 2.08. The van der Waals surface area contributed by atoms with Crippen LogP contribution in [0.5, 0.6) is 0 Å². The van der Waals surface area contributed by atoms with E-state index in [0.29, 0.717) is 0 Å². The van der Waals surface area contributed by atoms with Crippen molar-refractivity contribution >= 4 is 39.7 Å². The van der Waals surface area contributed by atoms with Gasteiger partial charge in [0.15, 0.2) is 0 Å². The van der Waals surface area contributed by atoms with E-state index in [1.807, 2.05) is 0 Å². The van der Waals surface area contributed by atoms with E-state index in [1.165, 1.54) is 12.1 Å². The zero-order chi connectivity index (χ0) is 9.61. The molecular weight excluding hydrogens is 203 g/mol. The Kier molecular flexibility index (Phi) is 8.10. The molecule has 1 aromatic carbocycles. The van der Waals surface area contributed by atoms with Crippen molar-refractivity contribution in [1.82, 2.24) is 0 Å². The second kappa shape index (κ2) is 7.00. The van der Waals surface area contributed by atoms with Crippen molar-refractivity contribution in [2.45, 2.75) is 4.90 Å². The van der Waals surface area contributed by atoms with Crippen LogP contribution in [0.3, 0.4) is 0 Å². The van der Waals surface area contributed by atoms with Crippen LogP contribution in [-0.2, 0) is 10.1 Å². The van der Waals surface area contributed by atoms with Gasteiger partial charge in [0.05, 0.1) is 4.90 Å². The van der Waals surface area contributed by atoms with Crippen LogP contribution < -0.4 is 0 Å². The van der Waals surface area contributed by atoms with Gasteiger partial charge in [-0.15, -0.1) is 0 Å². The molecule has 1 N–H and O–H groups in total. The van der Waals surface area contributed by atoms with Crippen LogP contribution in [0, 0.1) is 10.8 Å². The van der Waals surface area contributed by atoms with E-state index in [2.05, 4.69) is 0 Å². The minimum absolute atomic E-state index is 0. The third-order valence-corrected chi connectivity index (χ3v) is 1.91. The Hall–Kier alpha value is -0.450. The third kappa shape index (κ3) is 5.74. The van der Waals surface area contributed by atoms with Gasteiger partial charge in [-0.2, -0.15) is 8.42 Å². The fraction of sp³-hybridized carbons (Fsp3) is 0. The first kappa shape index (κ1) is 15.0. The van der Waals surface area contributed by atoms with Crippen LogP contribution in [0.15, 0.2) is 35.2 Å². The van der Waals surface area contributed by atoms with Crippen LogP contribution in [0.2, 0.25) is 0 Å². The summed E-state index contributed by atoms with van der Waals surface area (Å²) < 4.78 is 29.2. The Morgan fingerprint density at radius 2 is 1.46 bits per heavy atom. The van der Waals surface area contributed by atoms with Crippen molar-refractivity contribution in [1.29, 1.82) is 10.8 Å². The van der Waals surface area contributed by atoms with Crippen molar-refractivity contribution < 1.29 is 13.0 Å². The molecule has 0 aromatic heterocycles. The summed E-state index contributed by atoms with van der Waals surface area (Å²) in [6.07, 6.45) is 0. The molecule has 0 aliphatic rings. The van der Waals surface area contributed by atoms with E-state index < -0.39 is 10.1 Å². The molecule has 0 bridgehead atoms. The summed E-state index contributed by atoms with van der Waals surface area (Å²) >= 11 is 0. The summed E-state index contributed by atoms with van der Waals surface area (Å²) in [6, 6.07) is 7.42. The quantitative estimate of drug-likeness (QED) is 0.408. The van der Waals surface area contributed by atoms with Crippen LogP contribution in [0.4, 0.5) is 0 Å². The molecule has 13 heavy (non-hydrogen) atoms. The normalized spacial score (nSPS) is 8.85. The second-order valence-corrected chi connectivity index (χ2v) is 3.21. The molecule has 0 atom stereocenters. The van der Waals surface area contributed by atoms with Gasteiger partial charge in [0.25, 0.3) is 10.1 Å². The van der Waals surface area contributed by atoms with Gasteiger partial charge in [-0.25, -0.2) is 0 Å². The van der Waals surface area contributed by atoms with Gasteiger partial charge in [0, 0.05) is 10.8 Å². The van der Waals surface area contributed by atoms with Crippen LogP contribution >= 0.6 is 0 Å². The zero-order valence-electron chi connectivity index (χ0n) is 5.95. The number of hydrogen-bond acceptors (Lipinski definition) is 4. The Bertz CT molecular complexity index is 349. The molecule has 0 unspecified atom stereocenters. The molecule has 1 rings (SSSR count). The summed E-state index contributed by atoms with van der Waals surface area (Å²) in [4.78, 5) is -0.0741. The van der Waals surface area contributed by atoms with Gasteiger partial charge >= 0.3 is 29.6 Å². The molecule has 0 aliphatic heterocycles. The van der Waals surface area contributed by atoms with Crippen LogP contribution in [0.25, 0.3) is 0 Å². The molecule has 0 saturated heterocycles. The van der Waals surface area contributed by atoms with Gasteiger partial charge < -0.3 is 0 Å². The van der Waals surface area contributed by atoms with Crippen molar-refractivity contribution in [3.8, 4) is 0 Å². The Morgan fingerprint density at radius 3 is 1.69 bits per heavy atom. The Labute approximate surface area is 98.2 Å². The van der Waals surface area contributed by atoms with Gasteiger partial charge in [-0.1, -0.05) is 18.2 Å². The van der Waals surface area contributed by atoms with Gasteiger partial charge in [-0.05, 0) is 12.1 Å². The van der Waals surface area contributed by atoms with E-state index >= 15 is 0 Å². The van der Waals surface area contributed by atoms with Crippen LogP contribution in [-0.4, -0.2) is 42.5 Å². The molecule has 7 heteroatoms. The summed E-state index contributed by atoms with van der Waals surface area (Å²) in [6.45, 7) is 0. The molecule has 0 heterocycles. The van der Waals surface area contributed by atoms with Gasteiger partial charge in [0.1, 0.15) is 0 Å². The SMILES string of the molecule is N#N.O=S(=O)(O)c1ccccc1.[NaH]. The Balaban J connectivity index is 0. The fourth-order valence-electron chi connectivity index (χ4n) is 0.592. The molecular formula is C6H7N2NaO3S. The molecule has 0 amide bonds. The molecule has 0 saturated carbocycles. The molecule has 0 radical (unpaired) electrons. The molecule has 0 aliphatic carbocycles. The van der Waals surface area contributed by atoms with Crippen molar-refractivity contribution in [2.24, 2.45) is 0 Å². The van der Waals surface area contributed by atoms with Gasteiger partial charge in [-0.3, -0.25) is 4.55 Å². The average molecular weight is 210 g/mol. The molecule has 1 aromatic rings. The van der Waals surface area contributed by atoms with Crippen molar-refractivity contribution in [3.63, 3.8) is 0 Å². The van der Waals surface area contributed by atoms with Crippen LogP contribution in [0.1, 0.15) is 0 Å². The summed E-state index contributed by atoms with van der Waals surface area (Å²) in [5, 5.41) is 12.0. The first-order chi connectivity index (χ1) is 5.61. The van der Waals surface area contributed by atoms with E-state index in [1.54, 1.807) is 18.2 Å². The van der Waals surface area contributed by atoms with E-state index in [4.69, 9.17) is 15.3 Å². The summed E-state index contributed by atoms with van der Waals surface area (Å²) in [5.41, 5.74) is 0. The molecule has 66 valence electrons. The predicted octanol–water partition coefficient (Wildman–Crippen LogP) is 0.315. The summed E-state index contributed by atoms with van der Waals surface area (Å²) in [5.74, 6) is 0. The third-order valence-electron chi connectivity index (χ3n) is 1.04. The number of hydrogen-bond donors (Lipinski definition) is 1. The first-order valence-corrected chi connectivity index (χ1v) is 4.27. The zero-order valence-corrected chi connectivity index (χ0v) is 6.77. The Morgan fingerprint density at radius 1 is 1.08 bits per heavy atom. The fourth-order valence-corrected chi connectivity index (χ4v) is 1.09. The van der Waals surface area contributed by atoms with E-state index in [-0.39, 0.29) is 34.5 Å². The standard InChI is InChI=1S/C6H6O3S.N2.Na.H/c7-10(8,9)6-4-2-1-3-5-6;1-2;;/h1-5H,(H,7,8,9);;;. The minimum atomic E-state index is -4.00. The molecule has 0 spiro atoms. The maximum absolute atomic E-state index is 10.4. The monoisotopic (exact) mass is 210 g/mol. The topological polar surface area (TPSA) is 102 Å². The maximum atomic E-state index is 10.4. The number of nitrogens with zero attached hydrogens (tertiary/aromatic N) is 2. The molecule has 0 fully saturated rings. The van der Waals surface area contributed by atoms with Crippen molar-refractivity contribution in [3.05, 3.63) is 30.3 Å².